The Morgan fingerprint density at radius 3 is 2.58 bits per heavy atom. The van der Waals surface area contributed by atoms with Gasteiger partial charge in [-0.25, -0.2) is 0 Å². The molecule has 0 N–H and O–H groups in total. The minimum absolute atomic E-state index is 0.243. The lowest BCUT2D eigenvalue weighted by Gasteiger charge is -1.99. The van der Waals surface area contributed by atoms with E-state index < -0.39 is 0 Å². The first kappa shape index (κ1) is 12.4. The van der Waals surface area contributed by atoms with Crippen molar-refractivity contribution in [3.8, 4) is 11.5 Å². The van der Waals surface area contributed by atoms with Crippen LogP contribution in [0, 0.1) is 13.8 Å². The van der Waals surface area contributed by atoms with Crippen LogP contribution in [0.2, 0.25) is 5.02 Å². The first-order valence-electron chi connectivity index (χ1n) is 5.73. The van der Waals surface area contributed by atoms with E-state index in [2.05, 4.69) is 4.98 Å². The largest absolute Gasteiger partial charge is 0.427 e. The summed E-state index contributed by atoms with van der Waals surface area (Å²) in [5.74, 6) is 0.329. The SMILES string of the molecule is Cc1sc2oc(-c3ccc(Cl)cc3)nc(=O)c2c1C. The topological polar surface area (TPSA) is 43.1 Å². The van der Waals surface area contributed by atoms with E-state index in [-0.39, 0.29) is 5.56 Å². The Morgan fingerprint density at radius 1 is 1.21 bits per heavy atom. The molecular weight excluding hydrogens is 282 g/mol. The third kappa shape index (κ3) is 2.07. The van der Waals surface area contributed by atoms with Crippen molar-refractivity contribution in [2.24, 2.45) is 0 Å². The smallest absolute Gasteiger partial charge is 0.285 e. The number of hydrogen-bond acceptors (Lipinski definition) is 4. The van der Waals surface area contributed by atoms with Crippen molar-refractivity contribution in [3.63, 3.8) is 0 Å². The zero-order chi connectivity index (χ0) is 13.6. The minimum atomic E-state index is -0.243. The predicted molar refractivity (Wildman–Crippen MR) is 78.1 cm³/mol. The molecule has 0 fully saturated rings. The lowest BCUT2D eigenvalue weighted by atomic mass is 10.2. The van der Waals surface area contributed by atoms with Gasteiger partial charge >= 0.3 is 0 Å². The van der Waals surface area contributed by atoms with Crippen LogP contribution in [0.1, 0.15) is 10.4 Å². The molecule has 1 aromatic carbocycles. The van der Waals surface area contributed by atoms with Gasteiger partial charge in [-0.15, -0.1) is 11.3 Å². The Morgan fingerprint density at radius 2 is 1.89 bits per heavy atom. The molecule has 3 nitrogen and oxygen atoms in total. The molecule has 0 aliphatic carbocycles. The average Bonchev–Trinajstić information content (AvgIpc) is 2.66. The van der Waals surface area contributed by atoms with Crippen molar-refractivity contribution in [1.82, 2.24) is 4.98 Å². The molecule has 0 saturated carbocycles. The van der Waals surface area contributed by atoms with Crippen LogP contribution in [0.25, 0.3) is 21.7 Å². The number of thiophene rings is 1. The van der Waals surface area contributed by atoms with E-state index in [0.29, 0.717) is 21.2 Å². The van der Waals surface area contributed by atoms with Crippen LogP contribution in [-0.2, 0) is 0 Å². The molecule has 19 heavy (non-hydrogen) atoms. The molecule has 3 aromatic rings. The van der Waals surface area contributed by atoms with Gasteiger partial charge in [-0.3, -0.25) is 4.79 Å². The highest BCUT2D eigenvalue weighted by atomic mass is 35.5. The van der Waals surface area contributed by atoms with Crippen LogP contribution in [0.5, 0.6) is 0 Å². The zero-order valence-corrected chi connectivity index (χ0v) is 11.9. The van der Waals surface area contributed by atoms with E-state index in [9.17, 15) is 4.79 Å². The van der Waals surface area contributed by atoms with Gasteiger partial charge in [0.05, 0.1) is 5.39 Å². The summed E-state index contributed by atoms with van der Waals surface area (Å²) in [6.07, 6.45) is 0. The van der Waals surface area contributed by atoms with E-state index in [4.69, 9.17) is 16.0 Å². The summed E-state index contributed by atoms with van der Waals surface area (Å²) in [5.41, 5.74) is 1.45. The van der Waals surface area contributed by atoms with Gasteiger partial charge in [0.25, 0.3) is 5.56 Å². The van der Waals surface area contributed by atoms with Crippen LogP contribution < -0.4 is 5.56 Å². The van der Waals surface area contributed by atoms with Crippen molar-refractivity contribution in [2.45, 2.75) is 13.8 Å². The average molecular weight is 292 g/mol. The molecule has 0 amide bonds. The predicted octanol–water partition coefficient (Wildman–Crippen LogP) is 4.19. The number of aromatic nitrogens is 1. The third-order valence-electron chi connectivity index (χ3n) is 3.05. The molecule has 0 saturated heterocycles. The summed E-state index contributed by atoms with van der Waals surface area (Å²) in [7, 11) is 0. The maximum Gasteiger partial charge on any atom is 0.285 e. The maximum atomic E-state index is 12.1. The van der Waals surface area contributed by atoms with Crippen LogP contribution in [0.4, 0.5) is 0 Å². The summed E-state index contributed by atoms with van der Waals surface area (Å²) in [4.78, 5) is 17.8. The minimum Gasteiger partial charge on any atom is -0.427 e. The standard InChI is InChI=1S/C14H10ClNO2S/c1-7-8(2)19-14-11(7)12(17)16-13(18-14)9-3-5-10(15)6-4-9/h3-6H,1-2H3. The molecule has 0 aliphatic heterocycles. The van der Waals surface area contributed by atoms with Crippen molar-refractivity contribution >= 4 is 33.2 Å². The van der Waals surface area contributed by atoms with E-state index in [1.165, 1.54) is 11.3 Å². The Hall–Kier alpha value is -1.65. The zero-order valence-electron chi connectivity index (χ0n) is 10.4. The quantitative estimate of drug-likeness (QED) is 0.675. The van der Waals surface area contributed by atoms with Crippen LogP contribution in [-0.4, -0.2) is 4.98 Å². The second-order valence-corrected chi connectivity index (χ2v) is 5.90. The van der Waals surface area contributed by atoms with Gasteiger partial charge in [-0.05, 0) is 43.7 Å². The number of nitrogens with zero attached hydrogens (tertiary/aromatic N) is 1. The third-order valence-corrected chi connectivity index (χ3v) is 4.39. The van der Waals surface area contributed by atoms with E-state index in [0.717, 1.165) is 16.0 Å². The van der Waals surface area contributed by atoms with Crippen molar-refractivity contribution in [2.75, 3.05) is 0 Å². The summed E-state index contributed by atoms with van der Waals surface area (Å²) in [6.45, 7) is 3.88. The van der Waals surface area contributed by atoms with E-state index in [1.807, 2.05) is 13.8 Å². The fourth-order valence-electron chi connectivity index (χ4n) is 1.89. The highest BCUT2D eigenvalue weighted by molar-refractivity contribution is 7.18. The van der Waals surface area contributed by atoms with Crippen molar-refractivity contribution < 1.29 is 4.42 Å². The van der Waals surface area contributed by atoms with Crippen LogP contribution >= 0.6 is 22.9 Å². The van der Waals surface area contributed by atoms with Gasteiger partial charge in [0.1, 0.15) is 0 Å². The Kier molecular flexibility index (Phi) is 2.92. The highest BCUT2D eigenvalue weighted by Gasteiger charge is 2.14. The summed E-state index contributed by atoms with van der Waals surface area (Å²) >= 11 is 7.31. The monoisotopic (exact) mass is 291 g/mol. The normalized spacial score (nSPS) is 11.1. The number of benzene rings is 1. The molecule has 2 heterocycles. The van der Waals surface area contributed by atoms with Gasteiger partial charge in [-0.2, -0.15) is 4.98 Å². The molecule has 3 rings (SSSR count). The van der Waals surface area contributed by atoms with Gasteiger partial charge < -0.3 is 4.42 Å². The summed E-state index contributed by atoms with van der Waals surface area (Å²) in [5, 5.41) is 1.22. The fourth-order valence-corrected chi connectivity index (χ4v) is 3.01. The van der Waals surface area contributed by atoms with Gasteiger partial charge in [0.2, 0.25) is 5.89 Å². The van der Waals surface area contributed by atoms with E-state index in [1.54, 1.807) is 24.3 Å². The number of halogens is 1. The summed E-state index contributed by atoms with van der Waals surface area (Å²) < 4.78 is 5.73. The molecule has 0 atom stereocenters. The molecule has 0 radical (unpaired) electrons. The molecular formula is C14H10ClNO2S. The van der Waals surface area contributed by atoms with Crippen LogP contribution in [0.15, 0.2) is 33.5 Å². The first-order valence-corrected chi connectivity index (χ1v) is 6.92. The second-order valence-electron chi connectivity index (χ2n) is 4.28. The number of aryl methyl sites for hydroxylation is 2. The number of fused-ring (bicyclic) bond motifs is 1. The van der Waals surface area contributed by atoms with Crippen LogP contribution in [0.3, 0.4) is 0 Å². The van der Waals surface area contributed by atoms with Gasteiger partial charge in [0, 0.05) is 15.5 Å². The number of hydrogen-bond donors (Lipinski definition) is 0. The Labute approximate surface area is 118 Å². The molecule has 0 bridgehead atoms. The summed E-state index contributed by atoms with van der Waals surface area (Å²) in [6, 6.07) is 7.06. The molecule has 5 heteroatoms. The van der Waals surface area contributed by atoms with Crippen molar-refractivity contribution in [3.05, 3.63) is 50.1 Å². The first-order chi connectivity index (χ1) is 9.06. The van der Waals surface area contributed by atoms with Gasteiger partial charge in [0.15, 0.2) is 4.90 Å². The lowest BCUT2D eigenvalue weighted by Crippen LogP contribution is -2.06. The second kappa shape index (κ2) is 4.47. The maximum absolute atomic E-state index is 12.1. The molecule has 0 spiro atoms. The van der Waals surface area contributed by atoms with E-state index >= 15 is 0 Å². The molecule has 96 valence electrons. The molecule has 2 aromatic heterocycles. The Balaban J connectivity index is 2.27. The Bertz CT molecular complexity index is 818. The van der Waals surface area contributed by atoms with Crippen molar-refractivity contribution in [1.29, 1.82) is 0 Å². The fraction of sp³-hybridized carbons (Fsp3) is 0.143. The molecule has 0 aliphatic rings. The van der Waals surface area contributed by atoms with Gasteiger partial charge in [-0.1, -0.05) is 11.6 Å². The number of rotatable bonds is 1. The highest BCUT2D eigenvalue weighted by Crippen LogP contribution is 2.30. The lowest BCUT2D eigenvalue weighted by molar-refractivity contribution is 0.603. The molecule has 0 unspecified atom stereocenters.